The van der Waals surface area contributed by atoms with Crippen LogP contribution in [-0.2, 0) is 16.1 Å². The third-order valence-electron chi connectivity index (χ3n) is 3.25. The molecule has 2 rings (SSSR count). The summed E-state index contributed by atoms with van der Waals surface area (Å²) >= 11 is 0. The minimum absolute atomic E-state index is 0.0438. The van der Waals surface area contributed by atoms with Crippen LogP contribution in [-0.4, -0.2) is 25.7 Å². The predicted octanol–water partition coefficient (Wildman–Crippen LogP) is 2.11. The minimum Gasteiger partial charge on any atom is -0.481 e. The van der Waals surface area contributed by atoms with Crippen molar-refractivity contribution >= 4 is 5.97 Å². The largest absolute Gasteiger partial charge is 0.481 e. The SMILES string of the molecule is COC(=O)COc1c(C)cc(CNC2CC2)cc1C. The van der Waals surface area contributed by atoms with Crippen molar-refractivity contribution in [2.45, 2.75) is 39.3 Å². The van der Waals surface area contributed by atoms with Crippen LogP contribution in [0.1, 0.15) is 29.5 Å². The molecule has 0 amide bonds. The number of esters is 1. The number of methoxy groups -OCH3 is 1. The molecule has 1 saturated carbocycles. The molecule has 1 N–H and O–H groups in total. The van der Waals surface area contributed by atoms with Crippen molar-refractivity contribution in [1.82, 2.24) is 5.32 Å². The van der Waals surface area contributed by atoms with E-state index < -0.39 is 0 Å². The zero-order valence-electron chi connectivity index (χ0n) is 11.8. The molecule has 0 unspecified atom stereocenters. The Morgan fingerprint density at radius 1 is 1.32 bits per heavy atom. The summed E-state index contributed by atoms with van der Waals surface area (Å²) in [5, 5.41) is 3.49. The lowest BCUT2D eigenvalue weighted by Crippen LogP contribution is -2.16. The Morgan fingerprint density at radius 3 is 2.47 bits per heavy atom. The van der Waals surface area contributed by atoms with E-state index in [9.17, 15) is 4.79 Å². The molecule has 0 radical (unpaired) electrons. The summed E-state index contributed by atoms with van der Waals surface area (Å²) in [6.45, 7) is 4.85. The van der Waals surface area contributed by atoms with Gasteiger partial charge in [0.2, 0.25) is 0 Å². The first-order valence-corrected chi connectivity index (χ1v) is 6.63. The molecule has 19 heavy (non-hydrogen) atoms. The van der Waals surface area contributed by atoms with Crippen LogP contribution in [0.3, 0.4) is 0 Å². The third-order valence-corrected chi connectivity index (χ3v) is 3.25. The highest BCUT2D eigenvalue weighted by Crippen LogP contribution is 2.26. The zero-order valence-corrected chi connectivity index (χ0v) is 11.8. The molecule has 4 nitrogen and oxygen atoms in total. The summed E-state index contributed by atoms with van der Waals surface area (Å²) in [4.78, 5) is 11.1. The second kappa shape index (κ2) is 6.06. The van der Waals surface area contributed by atoms with Crippen LogP contribution >= 0.6 is 0 Å². The molecule has 104 valence electrons. The standard InChI is InChI=1S/C15H21NO3/c1-10-6-12(8-16-13-4-5-13)7-11(2)15(10)19-9-14(17)18-3/h6-7,13,16H,4-5,8-9H2,1-3H3. The van der Waals surface area contributed by atoms with Gasteiger partial charge in [-0.05, 0) is 43.4 Å². The molecule has 0 aliphatic heterocycles. The number of aryl methyl sites for hydroxylation is 2. The fraction of sp³-hybridized carbons (Fsp3) is 0.533. The smallest absolute Gasteiger partial charge is 0.343 e. The Hall–Kier alpha value is -1.55. The highest BCUT2D eigenvalue weighted by Gasteiger charge is 2.20. The van der Waals surface area contributed by atoms with Crippen LogP contribution < -0.4 is 10.1 Å². The Morgan fingerprint density at radius 2 is 1.95 bits per heavy atom. The summed E-state index contributed by atoms with van der Waals surface area (Å²) in [6.07, 6.45) is 2.58. The molecule has 4 heteroatoms. The van der Waals surface area contributed by atoms with E-state index in [1.54, 1.807) is 0 Å². The fourth-order valence-corrected chi connectivity index (χ4v) is 2.11. The van der Waals surface area contributed by atoms with Gasteiger partial charge in [0, 0.05) is 12.6 Å². The molecule has 0 aromatic heterocycles. The minimum atomic E-state index is -0.363. The van der Waals surface area contributed by atoms with Crippen LogP contribution in [0.4, 0.5) is 0 Å². The van der Waals surface area contributed by atoms with Crippen molar-refractivity contribution in [3.05, 3.63) is 28.8 Å². The first kappa shape index (κ1) is 13.9. The van der Waals surface area contributed by atoms with Gasteiger partial charge in [0.25, 0.3) is 0 Å². The van der Waals surface area contributed by atoms with Crippen LogP contribution in [0.5, 0.6) is 5.75 Å². The lowest BCUT2D eigenvalue weighted by Gasteiger charge is -2.13. The van der Waals surface area contributed by atoms with E-state index in [1.165, 1.54) is 25.5 Å². The van der Waals surface area contributed by atoms with Crippen molar-refractivity contribution in [2.75, 3.05) is 13.7 Å². The van der Waals surface area contributed by atoms with Gasteiger partial charge in [0.15, 0.2) is 6.61 Å². The fourth-order valence-electron chi connectivity index (χ4n) is 2.11. The average molecular weight is 263 g/mol. The van der Waals surface area contributed by atoms with Crippen molar-refractivity contribution < 1.29 is 14.3 Å². The lowest BCUT2D eigenvalue weighted by atomic mass is 10.1. The lowest BCUT2D eigenvalue weighted by molar-refractivity contribution is -0.142. The zero-order chi connectivity index (χ0) is 13.8. The Kier molecular flexibility index (Phi) is 4.43. The Balaban J connectivity index is 2.00. The molecule has 0 heterocycles. The maximum absolute atomic E-state index is 11.1. The number of benzene rings is 1. The van der Waals surface area contributed by atoms with E-state index in [-0.39, 0.29) is 12.6 Å². The van der Waals surface area contributed by atoms with E-state index in [0.717, 1.165) is 23.4 Å². The second-order valence-corrected chi connectivity index (χ2v) is 5.08. The number of carbonyl (C=O) groups is 1. The second-order valence-electron chi connectivity index (χ2n) is 5.08. The van der Waals surface area contributed by atoms with Gasteiger partial charge in [-0.25, -0.2) is 4.79 Å². The maximum atomic E-state index is 11.1. The molecule has 1 aromatic rings. The number of rotatable bonds is 6. The molecule has 1 fully saturated rings. The van der Waals surface area contributed by atoms with E-state index in [2.05, 4.69) is 22.2 Å². The highest BCUT2D eigenvalue weighted by atomic mass is 16.6. The Bertz CT molecular complexity index is 443. The van der Waals surface area contributed by atoms with E-state index in [1.807, 2.05) is 13.8 Å². The normalized spacial score (nSPS) is 14.3. The summed E-state index contributed by atoms with van der Waals surface area (Å²) in [7, 11) is 1.36. The number of ether oxygens (including phenoxy) is 2. The van der Waals surface area contributed by atoms with Gasteiger partial charge >= 0.3 is 5.97 Å². The summed E-state index contributed by atoms with van der Waals surface area (Å²) in [5.41, 5.74) is 3.36. The Labute approximate surface area is 114 Å². The molecular formula is C15H21NO3. The third kappa shape index (κ3) is 3.96. The maximum Gasteiger partial charge on any atom is 0.343 e. The van der Waals surface area contributed by atoms with Crippen molar-refractivity contribution in [3.8, 4) is 5.75 Å². The topological polar surface area (TPSA) is 47.6 Å². The molecule has 0 spiro atoms. The monoisotopic (exact) mass is 263 g/mol. The number of hydrogen-bond acceptors (Lipinski definition) is 4. The van der Waals surface area contributed by atoms with E-state index in [0.29, 0.717) is 6.04 Å². The van der Waals surface area contributed by atoms with Gasteiger partial charge in [-0.1, -0.05) is 12.1 Å². The van der Waals surface area contributed by atoms with Crippen LogP contribution in [0.25, 0.3) is 0 Å². The number of nitrogens with one attached hydrogen (secondary N) is 1. The van der Waals surface area contributed by atoms with Crippen LogP contribution in [0.15, 0.2) is 12.1 Å². The highest BCUT2D eigenvalue weighted by molar-refractivity contribution is 5.71. The van der Waals surface area contributed by atoms with Gasteiger partial charge in [-0.2, -0.15) is 0 Å². The van der Waals surface area contributed by atoms with E-state index in [4.69, 9.17) is 4.74 Å². The predicted molar refractivity (Wildman–Crippen MR) is 73.3 cm³/mol. The van der Waals surface area contributed by atoms with Gasteiger partial charge in [-0.15, -0.1) is 0 Å². The van der Waals surface area contributed by atoms with Gasteiger partial charge in [0.1, 0.15) is 5.75 Å². The quantitative estimate of drug-likeness (QED) is 0.799. The molecule has 0 saturated heterocycles. The van der Waals surface area contributed by atoms with Crippen molar-refractivity contribution in [3.63, 3.8) is 0 Å². The van der Waals surface area contributed by atoms with Crippen LogP contribution in [0, 0.1) is 13.8 Å². The molecule has 1 aliphatic carbocycles. The summed E-state index contributed by atoms with van der Waals surface area (Å²) in [5.74, 6) is 0.416. The van der Waals surface area contributed by atoms with Gasteiger partial charge in [0.05, 0.1) is 7.11 Å². The van der Waals surface area contributed by atoms with Crippen molar-refractivity contribution in [2.24, 2.45) is 0 Å². The molecule has 1 aromatic carbocycles. The molecule has 1 aliphatic rings. The van der Waals surface area contributed by atoms with Gasteiger partial charge in [-0.3, -0.25) is 0 Å². The number of carbonyl (C=O) groups excluding carboxylic acids is 1. The summed E-state index contributed by atoms with van der Waals surface area (Å²) in [6, 6.07) is 4.92. The first-order chi connectivity index (χ1) is 9.10. The molecule has 0 bridgehead atoms. The average Bonchev–Trinajstić information content (AvgIpc) is 3.19. The first-order valence-electron chi connectivity index (χ1n) is 6.63. The summed E-state index contributed by atoms with van der Waals surface area (Å²) < 4.78 is 10.1. The number of hydrogen-bond donors (Lipinski definition) is 1. The molecular weight excluding hydrogens is 242 g/mol. The van der Waals surface area contributed by atoms with Crippen molar-refractivity contribution in [1.29, 1.82) is 0 Å². The van der Waals surface area contributed by atoms with Crippen LogP contribution in [0.2, 0.25) is 0 Å². The van der Waals surface area contributed by atoms with E-state index >= 15 is 0 Å². The van der Waals surface area contributed by atoms with Gasteiger partial charge < -0.3 is 14.8 Å². The molecule has 0 atom stereocenters.